The molecule has 0 bridgehead atoms. The van der Waals surface area contributed by atoms with Gasteiger partial charge in [-0.25, -0.2) is 4.98 Å². The van der Waals surface area contributed by atoms with Crippen molar-refractivity contribution in [3.63, 3.8) is 0 Å². The number of nitrogens with one attached hydrogen (secondary N) is 1. The SMILES string of the molecule is C#CC(O)(Cn1cc(Br)c(F)n1)C(=O)Nc1cnc(C#N)c(C(F)(F)F)c1. The number of halogens is 5. The molecule has 1 unspecified atom stereocenters. The van der Waals surface area contributed by atoms with Gasteiger partial charge >= 0.3 is 6.18 Å². The number of alkyl halides is 3. The number of nitriles is 1. The van der Waals surface area contributed by atoms with Gasteiger partial charge < -0.3 is 10.4 Å². The Balaban J connectivity index is 2.29. The highest BCUT2D eigenvalue weighted by Gasteiger charge is 2.37. The summed E-state index contributed by atoms with van der Waals surface area (Å²) in [6.45, 7) is -0.673. The number of carbonyl (C=O) groups excluding carboxylic acids is 1. The largest absolute Gasteiger partial charge is 0.419 e. The minimum absolute atomic E-state index is 0.0478. The maximum atomic E-state index is 13.2. The molecule has 0 aliphatic carbocycles. The maximum Gasteiger partial charge on any atom is 0.419 e. The average molecular weight is 446 g/mol. The summed E-state index contributed by atoms with van der Waals surface area (Å²) in [7, 11) is 0. The molecule has 0 spiro atoms. The van der Waals surface area contributed by atoms with E-state index in [0.717, 1.165) is 17.1 Å². The van der Waals surface area contributed by atoms with E-state index in [2.05, 4.69) is 26.0 Å². The molecule has 0 aliphatic heterocycles. The molecule has 2 heterocycles. The van der Waals surface area contributed by atoms with Gasteiger partial charge in [0.05, 0.1) is 28.5 Å². The van der Waals surface area contributed by atoms with Crippen LogP contribution in [0.25, 0.3) is 0 Å². The van der Waals surface area contributed by atoms with Gasteiger partial charge in [-0.1, -0.05) is 5.92 Å². The van der Waals surface area contributed by atoms with Crippen molar-refractivity contribution in [3.8, 4) is 18.4 Å². The molecule has 2 N–H and O–H groups in total. The predicted molar refractivity (Wildman–Crippen MR) is 86.3 cm³/mol. The third kappa shape index (κ3) is 4.42. The van der Waals surface area contributed by atoms with Gasteiger partial charge in [-0.15, -0.1) is 11.5 Å². The quantitative estimate of drug-likeness (QED) is 0.553. The van der Waals surface area contributed by atoms with Gasteiger partial charge in [-0.2, -0.15) is 22.8 Å². The number of hydrogen-bond donors (Lipinski definition) is 2. The number of amides is 1. The van der Waals surface area contributed by atoms with Crippen molar-refractivity contribution in [2.24, 2.45) is 0 Å². The van der Waals surface area contributed by atoms with Crippen molar-refractivity contribution in [2.75, 3.05) is 5.32 Å². The van der Waals surface area contributed by atoms with Crippen LogP contribution >= 0.6 is 15.9 Å². The Bertz CT molecular complexity index is 957. The summed E-state index contributed by atoms with van der Waals surface area (Å²) in [5.74, 6) is -0.390. The molecule has 2 rings (SSSR count). The Labute approximate surface area is 157 Å². The minimum atomic E-state index is -4.89. The summed E-state index contributed by atoms with van der Waals surface area (Å²) in [5, 5.41) is 24.4. The number of rotatable bonds is 4. The van der Waals surface area contributed by atoms with Crippen LogP contribution in [0.3, 0.4) is 0 Å². The van der Waals surface area contributed by atoms with E-state index >= 15 is 0 Å². The lowest BCUT2D eigenvalue weighted by molar-refractivity contribution is -0.138. The normalized spacial score (nSPS) is 13.3. The van der Waals surface area contributed by atoms with Gasteiger partial charge in [0.2, 0.25) is 11.5 Å². The molecule has 0 saturated carbocycles. The van der Waals surface area contributed by atoms with Crippen LogP contribution in [0.2, 0.25) is 0 Å². The van der Waals surface area contributed by atoms with E-state index in [-0.39, 0.29) is 4.47 Å². The highest BCUT2D eigenvalue weighted by molar-refractivity contribution is 9.10. The van der Waals surface area contributed by atoms with E-state index in [1.54, 1.807) is 5.92 Å². The lowest BCUT2D eigenvalue weighted by Gasteiger charge is -2.21. The summed E-state index contributed by atoms with van der Waals surface area (Å²) in [6, 6.07) is 1.76. The van der Waals surface area contributed by atoms with Crippen LogP contribution in [0.1, 0.15) is 11.3 Å². The number of anilines is 1. The summed E-state index contributed by atoms with van der Waals surface area (Å²) < 4.78 is 52.9. The molecule has 1 amide bonds. The molecule has 7 nitrogen and oxygen atoms in total. The summed E-state index contributed by atoms with van der Waals surface area (Å²) in [4.78, 5) is 15.6. The Hall–Kier alpha value is -2.96. The van der Waals surface area contributed by atoms with E-state index < -0.39 is 47.1 Å². The van der Waals surface area contributed by atoms with Crippen molar-refractivity contribution in [2.45, 2.75) is 18.3 Å². The number of carbonyl (C=O) groups is 1. The molecule has 0 radical (unpaired) electrons. The second kappa shape index (κ2) is 7.34. The molecule has 0 saturated heterocycles. The Morgan fingerprint density at radius 2 is 2.15 bits per heavy atom. The first kappa shape index (κ1) is 20.4. The summed E-state index contributed by atoms with van der Waals surface area (Å²) in [5.41, 5.74) is -5.26. The molecule has 2 aromatic heterocycles. The van der Waals surface area contributed by atoms with Crippen LogP contribution in [0.5, 0.6) is 0 Å². The zero-order valence-corrected chi connectivity index (χ0v) is 14.6. The predicted octanol–water partition coefficient (Wildman–Crippen LogP) is 2.07. The van der Waals surface area contributed by atoms with Gasteiger partial charge in [0, 0.05) is 6.20 Å². The van der Waals surface area contributed by atoms with Gasteiger partial charge in [0.15, 0.2) is 5.69 Å². The van der Waals surface area contributed by atoms with E-state index in [4.69, 9.17) is 11.7 Å². The van der Waals surface area contributed by atoms with E-state index in [1.165, 1.54) is 6.07 Å². The highest BCUT2D eigenvalue weighted by atomic mass is 79.9. The van der Waals surface area contributed by atoms with Crippen LogP contribution < -0.4 is 5.32 Å². The number of terminal acetylenes is 1. The van der Waals surface area contributed by atoms with E-state index in [1.807, 2.05) is 5.32 Å². The van der Waals surface area contributed by atoms with Crippen molar-refractivity contribution in [3.05, 3.63) is 40.1 Å². The first-order valence-corrected chi connectivity index (χ1v) is 7.67. The Kier molecular flexibility index (Phi) is 5.54. The molecule has 140 valence electrons. The molecule has 12 heteroatoms. The molecular weight excluding hydrogens is 438 g/mol. The number of aliphatic hydroxyl groups is 1. The molecule has 2 aromatic rings. The average Bonchev–Trinajstić information content (AvgIpc) is 2.91. The van der Waals surface area contributed by atoms with Crippen LogP contribution in [0, 0.1) is 29.6 Å². The minimum Gasteiger partial charge on any atom is -0.368 e. The zero-order valence-electron chi connectivity index (χ0n) is 13.1. The number of hydrogen-bond acceptors (Lipinski definition) is 5. The molecule has 0 aliphatic rings. The highest BCUT2D eigenvalue weighted by Crippen LogP contribution is 2.32. The van der Waals surface area contributed by atoms with Crippen LogP contribution in [0.15, 0.2) is 22.9 Å². The number of nitrogens with zero attached hydrogens (tertiary/aromatic N) is 4. The monoisotopic (exact) mass is 445 g/mol. The van der Waals surface area contributed by atoms with Crippen LogP contribution in [-0.4, -0.2) is 31.4 Å². The van der Waals surface area contributed by atoms with Crippen molar-refractivity contribution in [1.29, 1.82) is 5.26 Å². The Morgan fingerprint density at radius 3 is 2.63 bits per heavy atom. The molecule has 27 heavy (non-hydrogen) atoms. The van der Waals surface area contributed by atoms with Gasteiger partial charge in [-0.3, -0.25) is 9.48 Å². The molecule has 0 fully saturated rings. The van der Waals surface area contributed by atoms with Crippen LogP contribution in [0.4, 0.5) is 23.2 Å². The summed E-state index contributed by atoms with van der Waals surface area (Å²) >= 11 is 2.84. The van der Waals surface area contributed by atoms with Gasteiger partial charge in [-0.05, 0) is 22.0 Å². The first-order valence-electron chi connectivity index (χ1n) is 6.87. The van der Waals surface area contributed by atoms with E-state index in [9.17, 15) is 27.5 Å². The first-order chi connectivity index (χ1) is 12.5. The lowest BCUT2D eigenvalue weighted by atomic mass is 10.0. The van der Waals surface area contributed by atoms with Crippen molar-refractivity contribution < 1.29 is 27.5 Å². The van der Waals surface area contributed by atoms with E-state index in [0.29, 0.717) is 6.07 Å². The zero-order chi connectivity index (χ0) is 20.4. The fraction of sp³-hybridized carbons (Fsp3) is 0.200. The second-order valence-corrected chi connectivity index (χ2v) is 6.01. The molecule has 1 atom stereocenters. The smallest absolute Gasteiger partial charge is 0.368 e. The fourth-order valence-electron chi connectivity index (χ4n) is 1.94. The van der Waals surface area contributed by atoms with Crippen molar-refractivity contribution >= 4 is 27.5 Å². The summed E-state index contributed by atoms with van der Waals surface area (Å²) in [6.07, 6.45) is 2.17. The third-order valence-corrected chi connectivity index (χ3v) is 3.77. The Morgan fingerprint density at radius 1 is 1.48 bits per heavy atom. The van der Waals surface area contributed by atoms with Crippen molar-refractivity contribution in [1.82, 2.24) is 14.8 Å². The van der Waals surface area contributed by atoms with Gasteiger partial charge in [0.1, 0.15) is 6.07 Å². The molecule has 0 aromatic carbocycles. The standard InChI is InChI=1S/C15H8BrF4N5O2/c1-2-14(27,7-25-6-10(16)12(17)24-25)13(26)23-8-3-9(15(18,19)20)11(4-21)22-5-8/h1,3,5-6,27H,7H2,(H,23,26). The van der Waals surface area contributed by atoms with Crippen LogP contribution in [-0.2, 0) is 17.5 Å². The molecular formula is C15H8BrF4N5O2. The second-order valence-electron chi connectivity index (χ2n) is 5.15. The third-order valence-electron chi connectivity index (χ3n) is 3.24. The van der Waals surface area contributed by atoms with Gasteiger partial charge in [0.25, 0.3) is 5.91 Å². The fourth-order valence-corrected chi connectivity index (χ4v) is 2.26. The lowest BCUT2D eigenvalue weighted by Crippen LogP contribution is -2.45. The topological polar surface area (TPSA) is 104 Å². The number of aromatic nitrogens is 3. The maximum absolute atomic E-state index is 13.2. The number of pyridine rings is 1.